The summed E-state index contributed by atoms with van der Waals surface area (Å²) in [6, 6.07) is 18.5. The van der Waals surface area contributed by atoms with Crippen LogP contribution < -0.4 is 4.57 Å². The highest BCUT2D eigenvalue weighted by molar-refractivity contribution is 5.56. The molecule has 2 aromatic carbocycles. The van der Waals surface area contributed by atoms with E-state index >= 15 is 0 Å². The smallest absolute Gasteiger partial charge is 0.258 e. The van der Waals surface area contributed by atoms with Crippen LogP contribution in [-0.4, -0.2) is 4.92 Å². The predicted molar refractivity (Wildman–Crippen MR) is 84.2 cm³/mol. The van der Waals surface area contributed by atoms with E-state index in [1.54, 1.807) is 24.3 Å². The average Bonchev–Trinajstić information content (AvgIpc) is 2.56. The molecule has 0 saturated carbocycles. The maximum Gasteiger partial charge on any atom is 0.269 e. The normalized spacial score (nSPS) is 10.5. The second-order valence-corrected chi connectivity index (χ2v) is 5.12. The van der Waals surface area contributed by atoms with Crippen LogP contribution in [0.5, 0.6) is 0 Å². The van der Waals surface area contributed by atoms with Gasteiger partial charge in [-0.25, -0.2) is 4.39 Å². The topological polar surface area (TPSA) is 47.0 Å². The second-order valence-electron chi connectivity index (χ2n) is 5.12. The van der Waals surface area contributed by atoms with E-state index in [1.165, 1.54) is 18.2 Å². The molecule has 0 amide bonds. The Hall–Kier alpha value is -3.08. The first-order chi connectivity index (χ1) is 11.1. The summed E-state index contributed by atoms with van der Waals surface area (Å²) in [6.07, 6.45) is 1.83. The molecule has 0 N–H and O–H groups in total. The number of halogens is 1. The minimum atomic E-state index is -0.420. The molecule has 0 radical (unpaired) electrons. The van der Waals surface area contributed by atoms with Crippen molar-refractivity contribution in [1.29, 1.82) is 0 Å². The minimum Gasteiger partial charge on any atom is -0.258 e. The number of rotatable bonds is 4. The molecule has 1 heterocycles. The number of aromatic nitrogens is 1. The van der Waals surface area contributed by atoms with Gasteiger partial charge in [0.25, 0.3) is 5.69 Å². The van der Waals surface area contributed by atoms with Gasteiger partial charge in [0.15, 0.2) is 12.7 Å². The first-order valence-corrected chi connectivity index (χ1v) is 7.12. The molecule has 114 valence electrons. The van der Waals surface area contributed by atoms with Gasteiger partial charge in [-0.15, -0.1) is 0 Å². The lowest BCUT2D eigenvalue weighted by Crippen LogP contribution is -2.36. The number of hydrogen-bond acceptors (Lipinski definition) is 2. The molecule has 4 nitrogen and oxygen atoms in total. The predicted octanol–water partition coefficient (Wildman–Crippen LogP) is 3.74. The molecule has 0 spiro atoms. The Morgan fingerprint density at radius 1 is 1.00 bits per heavy atom. The molecular weight excluding hydrogens is 295 g/mol. The van der Waals surface area contributed by atoms with E-state index in [-0.39, 0.29) is 11.5 Å². The Balaban J connectivity index is 2.00. The zero-order chi connectivity index (χ0) is 16.2. The fourth-order valence-corrected chi connectivity index (χ4v) is 2.49. The summed E-state index contributed by atoms with van der Waals surface area (Å²) in [7, 11) is 0. The summed E-state index contributed by atoms with van der Waals surface area (Å²) in [4.78, 5) is 10.5. The molecule has 0 bridgehead atoms. The summed E-state index contributed by atoms with van der Waals surface area (Å²) in [5.74, 6) is -0.300. The summed E-state index contributed by atoms with van der Waals surface area (Å²) in [5, 5.41) is 10.9. The van der Waals surface area contributed by atoms with Crippen molar-refractivity contribution in [3.05, 3.63) is 94.4 Å². The van der Waals surface area contributed by atoms with Gasteiger partial charge in [0.05, 0.1) is 10.5 Å². The van der Waals surface area contributed by atoms with E-state index in [9.17, 15) is 14.5 Å². The third-order valence-electron chi connectivity index (χ3n) is 3.56. The van der Waals surface area contributed by atoms with Crippen molar-refractivity contribution in [2.75, 3.05) is 0 Å². The molecule has 1 aromatic heterocycles. The first-order valence-electron chi connectivity index (χ1n) is 7.12. The standard InChI is InChI=1S/C18H14FN2O2/c19-17-9-2-1-8-16(17)18-10-3-4-11-20(18)13-14-6-5-7-15(12-14)21(22)23/h1-12H,13H2/q+1. The maximum atomic E-state index is 14.1. The van der Waals surface area contributed by atoms with Crippen molar-refractivity contribution in [2.24, 2.45) is 0 Å². The molecule has 0 aliphatic heterocycles. The summed E-state index contributed by atoms with van der Waals surface area (Å²) < 4.78 is 15.9. The monoisotopic (exact) mass is 309 g/mol. The van der Waals surface area contributed by atoms with Crippen LogP contribution in [0.2, 0.25) is 0 Å². The summed E-state index contributed by atoms with van der Waals surface area (Å²) in [6.45, 7) is 0.423. The van der Waals surface area contributed by atoms with Crippen molar-refractivity contribution in [3.63, 3.8) is 0 Å². The van der Waals surface area contributed by atoms with Gasteiger partial charge < -0.3 is 0 Å². The van der Waals surface area contributed by atoms with E-state index in [4.69, 9.17) is 0 Å². The van der Waals surface area contributed by atoms with E-state index in [0.717, 1.165) is 11.3 Å². The van der Waals surface area contributed by atoms with Crippen LogP contribution in [0.4, 0.5) is 10.1 Å². The van der Waals surface area contributed by atoms with Crippen molar-refractivity contribution in [1.82, 2.24) is 0 Å². The Bertz CT molecular complexity index is 865. The third-order valence-corrected chi connectivity index (χ3v) is 3.56. The van der Waals surface area contributed by atoms with Gasteiger partial charge >= 0.3 is 0 Å². The Kier molecular flexibility index (Phi) is 4.10. The lowest BCUT2D eigenvalue weighted by Gasteiger charge is -2.05. The van der Waals surface area contributed by atoms with Crippen LogP contribution in [0.25, 0.3) is 11.3 Å². The maximum absolute atomic E-state index is 14.1. The van der Waals surface area contributed by atoms with Crippen molar-refractivity contribution >= 4 is 5.69 Å². The molecule has 23 heavy (non-hydrogen) atoms. The lowest BCUT2D eigenvalue weighted by atomic mass is 10.1. The summed E-state index contributed by atoms with van der Waals surface area (Å²) >= 11 is 0. The van der Waals surface area contributed by atoms with Gasteiger partial charge in [0, 0.05) is 29.8 Å². The molecule has 0 atom stereocenters. The molecule has 3 rings (SSSR count). The number of non-ortho nitro benzene ring substituents is 1. The van der Waals surface area contributed by atoms with Crippen LogP contribution in [0.3, 0.4) is 0 Å². The van der Waals surface area contributed by atoms with Crippen molar-refractivity contribution < 1.29 is 13.9 Å². The van der Waals surface area contributed by atoms with Crippen molar-refractivity contribution in [3.8, 4) is 11.3 Å². The van der Waals surface area contributed by atoms with Crippen LogP contribution in [0, 0.1) is 15.9 Å². The van der Waals surface area contributed by atoms with Gasteiger partial charge in [-0.3, -0.25) is 10.1 Å². The Labute approximate surface area is 132 Å². The zero-order valence-electron chi connectivity index (χ0n) is 12.2. The number of pyridine rings is 1. The molecule has 3 aromatic rings. The number of hydrogen-bond donors (Lipinski definition) is 0. The molecule has 0 fully saturated rings. The minimum absolute atomic E-state index is 0.0477. The van der Waals surface area contributed by atoms with Gasteiger partial charge in [0.1, 0.15) is 5.82 Å². The van der Waals surface area contributed by atoms with Crippen molar-refractivity contribution in [2.45, 2.75) is 6.54 Å². The number of nitro benzene ring substituents is 1. The van der Waals surface area contributed by atoms with Gasteiger partial charge in [-0.1, -0.05) is 24.3 Å². The first kappa shape index (κ1) is 14.8. The zero-order valence-corrected chi connectivity index (χ0v) is 12.2. The largest absolute Gasteiger partial charge is 0.269 e. The Morgan fingerprint density at radius 2 is 1.78 bits per heavy atom. The quantitative estimate of drug-likeness (QED) is 0.419. The fourth-order valence-electron chi connectivity index (χ4n) is 2.49. The van der Waals surface area contributed by atoms with Crippen LogP contribution in [0.15, 0.2) is 72.9 Å². The van der Waals surface area contributed by atoms with E-state index < -0.39 is 4.92 Å². The van der Waals surface area contributed by atoms with Crippen LogP contribution in [0.1, 0.15) is 5.56 Å². The van der Waals surface area contributed by atoms with Crippen LogP contribution in [-0.2, 0) is 6.54 Å². The molecule has 0 aliphatic rings. The molecule has 0 saturated heterocycles. The lowest BCUT2D eigenvalue weighted by molar-refractivity contribution is -0.677. The highest BCUT2D eigenvalue weighted by atomic mass is 19.1. The number of benzene rings is 2. The molecule has 0 unspecified atom stereocenters. The second kappa shape index (κ2) is 6.36. The number of nitrogens with zero attached hydrogens (tertiary/aromatic N) is 2. The van der Waals surface area contributed by atoms with Gasteiger partial charge in [-0.05, 0) is 18.2 Å². The van der Waals surface area contributed by atoms with Gasteiger partial charge in [-0.2, -0.15) is 4.57 Å². The fraction of sp³-hybridized carbons (Fsp3) is 0.0556. The van der Waals surface area contributed by atoms with Gasteiger partial charge in [0.2, 0.25) is 5.69 Å². The average molecular weight is 309 g/mol. The molecular formula is C18H14FN2O2+. The van der Waals surface area contributed by atoms with E-state index in [0.29, 0.717) is 12.1 Å². The SMILES string of the molecule is O=[N+]([O-])c1cccc(C[n+]2ccccc2-c2ccccc2F)c1. The van der Waals surface area contributed by atoms with E-state index in [2.05, 4.69) is 0 Å². The number of nitro groups is 1. The Morgan fingerprint density at radius 3 is 2.57 bits per heavy atom. The highest BCUT2D eigenvalue weighted by Gasteiger charge is 2.17. The highest BCUT2D eigenvalue weighted by Crippen LogP contribution is 2.19. The van der Waals surface area contributed by atoms with E-state index in [1.807, 2.05) is 35.0 Å². The molecule has 0 aliphatic carbocycles. The van der Waals surface area contributed by atoms with Crippen LogP contribution >= 0.6 is 0 Å². The third kappa shape index (κ3) is 3.23. The summed E-state index contributed by atoms with van der Waals surface area (Å²) in [5.41, 5.74) is 2.05. The molecule has 5 heteroatoms.